The van der Waals surface area contributed by atoms with Crippen LogP contribution in [0.4, 0.5) is 11.5 Å². The normalized spacial score (nSPS) is 13.5. The molecule has 1 aliphatic heterocycles. The number of hydrogen-bond acceptors (Lipinski definition) is 8. The van der Waals surface area contributed by atoms with E-state index in [-0.39, 0.29) is 34.4 Å². The second-order valence-corrected chi connectivity index (χ2v) is 11.8. The van der Waals surface area contributed by atoms with Crippen molar-refractivity contribution in [3.8, 4) is 5.75 Å². The van der Waals surface area contributed by atoms with E-state index in [4.69, 9.17) is 44.3 Å². The summed E-state index contributed by atoms with van der Waals surface area (Å²) in [5, 5.41) is 8.48. The summed E-state index contributed by atoms with van der Waals surface area (Å²) in [7, 11) is 3.59. The third kappa shape index (κ3) is 8.78. The molecule has 0 aliphatic carbocycles. The summed E-state index contributed by atoms with van der Waals surface area (Å²) < 4.78 is 10.9. The first kappa shape index (κ1) is 31.5. The number of nitrogens with one attached hydrogen (secondary N) is 2. The molecule has 0 saturated carbocycles. The van der Waals surface area contributed by atoms with Crippen molar-refractivity contribution in [3.05, 3.63) is 66.9 Å². The van der Waals surface area contributed by atoms with Crippen LogP contribution in [0.25, 0.3) is 0 Å². The molecule has 220 valence electrons. The van der Waals surface area contributed by atoms with Crippen LogP contribution in [0.1, 0.15) is 38.4 Å². The van der Waals surface area contributed by atoms with Gasteiger partial charge in [-0.25, -0.2) is 4.98 Å². The number of carbonyl (C=O) groups is 2. The van der Waals surface area contributed by atoms with Gasteiger partial charge in [-0.1, -0.05) is 34.8 Å². The summed E-state index contributed by atoms with van der Waals surface area (Å²) in [4.78, 5) is 35.9. The highest BCUT2D eigenvalue weighted by molar-refractivity contribution is 7.13. The highest BCUT2D eigenvalue weighted by Crippen LogP contribution is 2.36. The number of anilines is 2. The van der Waals surface area contributed by atoms with E-state index >= 15 is 0 Å². The molecule has 1 fully saturated rings. The average molecular weight is 641 g/mol. The van der Waals surface area contributed by atoms with Crippen molar-refractivity contribution in [3.63, 3.8) is 0 Å². The van der Waals surface area contributed by atoms with E-state index in [2.05, 4.69) is 25.4 Å². The van der Waals surface area contributed by atoms with Crippen LogP contribution in [0.15, 0.2) is 35.8 Å². The third-order valence-corrected chi connectivity index (χ3v) is 8.52. The lowest BCUT2D eigenvalue weighted by Gasteiger charge is -2.21. The summed E-state index contributed by atoms with van der Waals surface area (Å²) in [6, 6.07) is 6.14. The van der Waals surface area contributed by atoms with Crippen molar-refractivity contribution >= 4 is 69.5 Å². The first-order chi connectivity index (χ1) is 19.7. The summed E-state index contributed by atoms with van der Waals surface area (Å²) in [5.41, 5.74) is 1.10. The van der Waals surface area contributed by atoms with Crippen LogP contribution < -0.4 is 15.4 Å². The van der Waals surface area contributed by atoms with Crippen molar-refractivity contribution in [1.29, 1.82) is 0 Å². The predicted octanol–water partition coefficient (Wildman–Crippen LogP) is 6.16. The van der Waals surface area contributed by atoms with Gasteiger partial charge in [0.25, 0.3) is 11.8 Å². The van der Waals surface area contributed by atoms with E-state index in [9.17, 15) is 9.59 Å². The molecule has 41 heavy (non-hydrogen) atoms. The monoisotopic (exact) mass is 639 g/mol. The quantitative estimate of drug-likeness (QED) is 0.216. The van der Waals surface area contributed by atoms with Crippen molar-refractivity contribution in [2.75, 3.05) is 64.2 Å². The predicted molar refractivity (Wildman–Crippen MR) is 165 cm³/mol. The number of nitrogens with zero attached hydrogens (tertiary/aromatic N) is 3. The molecule has 9 nitrogen and oxygen atoms in total. The third-order valence-electron chi connectivity index (χ3n) is 6.51. The summed E-state index contributed by atoms with van der Waals surface area (Å²) >= 11 is 20.2. The lowest BCUT2D eigenvalue weighted by molar-refractivity contribution is 0.102. The van der Waals surface area contributed by atoms with Crippen molar-refractivity contribution < 1.29 is 19.1 Å². The van der Waals surface area contributed by atoms with E-state index in [0.29, 0.717) is 28.1 Å². The molecule has 2 aromatic heterocycles. The summed E-state index contributed by atoms with van der Waals surface area (Å²) in [6.45, 7) is 5.29. The Labute approximate surface area is 258 Å². The molecule has 0 unspecified atom stereocenters. The molecule has 13 heteroatoms. The fraction of sp³-hybridized carbons (Fsp3) is 0.393. The molecule has 0 bridgehead atoms. The van der Waals surface area contributed by atoms with Gasteiger partial charge in [-0.15, -0.1) is 11.3 Å². The Morgan fingerprint density at radius 2 is 1.85 bits per heavy atom. The number of carbonyl (C=O) groups excluding carboxylic acids is 2. The Hall–Kier alpha value is -2.44. The van der Waals surface area contributed by atoms with Gasteiger partial charge in [0.05, 0.1) is 27.9 Å². The van der Waals surface area contributed by atoms with Crippen LogP contribution >= 0.6 is 46.1 Å². The second-order valence-electron chi connectivity index (χ2n) is 9.63. The van der Waals surface area contributed by atoms with Crippen molar-refractivity contribution in [2.45, 2.75) is 19.4 Å². The standard InChI is InChI=1S/C28H32Cl3N5O4S/c1-35(9-10-36-7-3-4-8-36)16-18-17-41-26(24(18)31)28(38)34-25-21(13-20(30)14-22(25)40-12-11-39-2)27(37)33-23-6-5-19(29)15-32-23/h5-6,13-15,17H,3-4,7-12,16H2,1-2H3,(H,34,38)(H,32,33,37). The number of likely N-dealkylation sites (N-methyl/N-ethyl adjacent to an activating group) is 1. The number of amides is 2. The van der Waals surface area contributed by atoms with Crippen LogP contribution in [0.5, 0.6) is 5.75 Å². The highest BCUT2D eigenvalue weighted by atomic mass is 35.5. The molecule has 3 aromatic rings. The topological polar surface area (TPSA) is 96.0 Å². The number of ether oxygens (including phenoxy) is 2. The minimum Gasteiger partial charge on any atom is -0.489 e. The number of methoxy groups -OCH3 is 1. The molecule has 2 amide bonds. The number of likely N-dealkylation sites (tertiary alicyclic amines) is 1. The molecular formula is C28H32Cl3N5O4S. The number of hydrogen-bond donors (Lipinski definition) is 2. The molecule has 0 atom stereocenters. The van der Waals surface area contributed by atoms with E-state index < -0.39 is 11.8 Å². The van der Waals surface area contributed by atoms with Crippen molar-refractivity contribution in [1.82, 2.24) is 14.8 Å². The van der Waals surface area contributed by atoms with E-state index in [1.807, 2.05) is 12.4 Å². The number of aromatic nitrogens is 1. The fourth-order valence-corrected chi connectivity index (χ4v) is 5.93. The van der Waals surface area contributed by atoms with Crippen LogP contribution in [0.2, 0.25) is 15.1 Å². The maximum atomic E-state index is 13.5. The minimum absolute atomic E-state index is 0.0876. The molecule has 1 saturated heterocycles. The van der Waals surface area contributed by atoms with Crippen LogP contribution in [0.3, 0.4) is 0 Å². The van der Waals surface area contributed by atoms with Crippen LogP contribution in [-0.2, 0) is 11.3 Å². The van der Waals surface area contributed by atoms with E-state index in [1.165, 1.54) is 42.5 Å². The maximum Gasteiger partial charge on any atom is 0.267 e. The van der Waals surface area contributed by atoms with Gasteiger partial charge in [0.15, 0.2) is 0 Å². The average Bonchev–Trinajstić information content (AvgIpc) is 3.60. The zero-order valence-electron chi connectivity index (χ0n) is 22.8. The molecule has 2 N–H and O–H groups in total. The largest absolute Gasteiger partial charge is 0.489 e. The van der Waals surface area contributed by atoms with Gasteiger partial charge in [-0.05, 0) is 62.1 Å². The molecule has 0 radical (unpaired) electrons. The van der Waals surface area contributed by atoms with Crippen molar-refractivity contribution in [2.24, 2.45) is 0 Å². The molecule has 0 spiro atoms. The van der Waals surface area contributed by atoms with Crippen LogP contribution in [-0.4, -0.2) is 80.1 Å². The number of pyridine rings is 1. The highest BCUT2D eigenvalue weighted by Gasteiger charge is 2.24. The fourth-order valence-electron chi connectivity index (χ4n) is 4.37. The molecule has 1 aliphatic rings. The number of benzene rings is 1. The molecule has 4 rings (SSSR count). The molecular weight excluding hydrogens is 609 g/mol. The first-order valence-electron chi connectivity index (χ1n) is 13.1. The lowest BCUT2D eigenvalue weighted by Crippen LogP contribution is -2.31. The zero-order valence-corrected chi connectivity index (χ0v) is 25.9. The van der Waals surface area contributed by atoms with Gasteiger partial charge in [0, 0.05) is 44.0 Å². The van der Waals surface area contributed by atoms with Crippen LogP contribution in [0, 0.1) is 0 Å². The SMILES string of the molecule is COCCOc1cc(Cl)cc(C(=O)Nc2ccc(Cl)cn2)c1NC(=O)c1scc(CN(C)CCN2CCCC2)c1Cl. The van der Waals surface area contributed by atoms with E-state index in [0.717, 1.165) is 31.7 Å². The minimum atomic E-state index is -0.549. The van der Waals surface area contributed by atoms with Gasteiger partial charge in [-0.3, -0.25) is 9.59 Å². The number of rotatable bonds is 13. The summed E-state index contributed by atoms with van der Waals surface area (Å²) in [5.74, 6) is -0.527. The Kier molecular flexibility index (Phi) is 11.6. The van der Waals surface area contributed by atoms with Gasteiger partial charge in [0.1, 0.15) is 23.1 Å². The van der Waals surface area contributed by atoms with Gasteiger partial charge < -0.3 is 29.9 Å². The Morgan fingerprint density at radius 3 is 2.56 bits per heavy atom. The number of halogens is 3. The lowest BCUT2D eigenvalue weighted by atomic mass is 10.1. The Bertz CT molecular complexity index is 1350. The van der Waals surface area contributed by atoms with E-state index in [1.54, 1.807) is 19.2 Å². The summed E-state index contributed by atoms with van der Waals surface area (Å²) in [6.07, 6.45) is 3.93. The zero-order chi connectivity index (χ0) is 29.4. The Morgan fingerprint density at radius 1 is 1.07 bits per heavy atom. The van der Waals surface area contributed by atoms with Gasteiger partial charge in [0.2, 0.25) is 0 Å². The number of thiophene rings is 1. The molecule has 1 aromatic carbocycles. The second kappa shape index (κ2) is 15.2. The maximum absolute atomic E-state index is 13.5. The van der Waals surface area contributed by atoms with Gasteiger partial charge in [-0.2, -0.15) is 0 Å². The van der Waals surface area contributed by atoms with Gasteiger partial charge >= 0.3 is 0 Å². The first-order valence-corrected chi connectivity index (χ1v) is 15.1. The Balaban J connectivity index is 1.53. The smallest absolute Gasteiger partial charge is 0.267 e. The molecule has 3 heterocycles.